The van der Waals surface area contributed by atoms with Crippen molar-refractivity contribution in [1.82, 2.24) is 4.90 Å². The fourth-order valence-corrected chi connectivity index (χ4v) is 3.51. The van der Waals surface area contributed by atoms with Crippen molar-refractivity contribution in [3.05, 3.63) is 27.1 Å². The molecule has 2 fully saturated rings. The molecule has 2 unspecified atom stereocenters. The second-order valence-corrected chi connectivity index (χ2v) is 5.87. The van der Waals surface area contributed by atoms with Gasteiger partial charge < -0.3 is 10.6 Å². The molecule has 1 saturated carbocycles. The van der Waals surface area contributed by atoms with Crippen molar-refractivity contribution in [2.45, 2.75) is 37.4 Å². The van der Waals surface area contributed by atoms with Crippen molar-refractivity contribution in [2.75, 3.05) is 0 Å². The number of nitrogens with two attached hydrogens (primary N) is 1. The van der Waals surface area contributed by atoms with E-state index < -0.39 is 4.92 Å². The topological polar surface area (TPSA) is 89.5 Å². The first-order chi connectivity index (χ1) is 8.58. The van der Waals surface area contributed by atoms with E-state index in [1.807, 2.05) is 4.90 Å². The van der Waals surface area contributed by atoms with E-state index in [1.54, 1.807) is 6.07 Å². The zero-order valence-electron chi connectivity index (χ0n) is 9.61. The molecule has 2 atom stereocenters. The van der Waals surface area contributed by atoms with Gasteiger partial charge in [0.05, 0.1) is 11.0 Å². The van der Waals surface area contributed by atoms with Gasteiger partial charge in [-0.3, -0.25) is 14.9 Å². The minimum absolute atomic E-state index is 0.0750. The minimum atomic E-state index is -0.405. The Morgan fingerprint density at radius 1 is 1.44 bits per heavy atom. The van der Waals surface area contributed by atoms with Crippen LogP contribution in [0.2, 0.25) is 0 Å². The lowest BCUT2D eigenvalue weighted by atomic mass is 10.1. The van der Waals surface area contributed by atoms with Gasteiger partial charge in [0.2, 0.25) is 5.91 Å². The summed E-state index contributed by atoms with van der Waals surface area (Å²) in [5.41, 5.74) is 6.02. The first kappa shape index (κ1) is 11.6. The van der Waals surface area contributed by atoms with Gasteiger partial charge in [0.25, 0.3) is 0 Å². The third-order valence-corrected chi connectivity index (χ3v) is 4.54. The molecule has 0 bridgehead atoms. The summed E-state index contributed by atoms with van der Waals surface area (Å²) in [6.45, 7) is 0. The number of likely N-dealkylation sites (tertiary alicyclic amines) is 1. The fourth-order valence-electron chi connectivity index (χ4n) is 2.51. The molecular formula is C11H13N3O3S. The van der Waals surface area contributed by atoms with Gasteiger partial charge in [-0.25, -0.2) is 0 Å². The van der Waals surface area contributed by atoms with E-state index in [0.717, 1.165) is 29.1 Å². The largest absolute Gasteiger partial charge is 0.330 e. The predicted octanol–water partition coefficient (Wildman–Crippen LogP) is 1.42. The summed E-state index contributed by atoms with van der Waals surface area (Å²) >= 11 is 1.12. The minimum Gasteiger partial charge on any atom is -0.330 e. The summed E-state index contributed by atoms with van der Waals surface area (Å²) in [6.07, 6.45) is 2.37. The third kappa shape index (κ3) is 1.79. The highest BCUT2D eigenvalue weighted by molar-refractivity contribution is 7.15. The molecule has 18 heavy (non-hydrogen) atoms. The average molecular weight is 267 g/mol. The van der Waals surface area contributed by atoms with Crippen molar-refractivity contribution >= 4 is 22.2 Å². The van der Waals surface area contributed by atoms with E-state index >= 15 is 0 Å². The molecule has 1 aliphatic heterocycles. The van der Waals surface area contributed by atoms with Crippen molar-refractivity contribution in [3.8, 4) is 0 Å². The van der Waals surface area contributed by atoms with Crippen molar-refractivity contribution < 1.29 is 9.72 Å². The fraction of sp³-hybridized carbons (Fsp3) is 0.545. The van der Waals surface area contributed by atoms with Crippen LogP contribution in [-0.2, 0) is 4.79 Å². The van der Waals surface area contributed by atoms with Crippen LogP contribution in [0.5, 0.6) is 0 Å². The zero-order valence-corrected chi connectivity index (χ0v) is 10.4. The van der Waals surface area contributed by atoms with E-state index in [9.17, 15) is 14.9 Å². The number of hydrogen-bond acceptors (Lipinski definition) is 5. The number of nitrogens with zero attached hydrogens (tertiary/aromatic N) is 2. The molecule has 3 rings (SSSR count). The SMILES string of the molecule is NC1CC(=O)N(C2CC2)C1c1ccc([N+](=O)[O-])s1. The Morgan fingerprint density at radius 3 is 2.72 bits per heavy atom. The Kier molecular flexibility index (Phi) is 2.60. The number of carbonyl (C=O) groups excluding carboxylic acids is 1. The van der Waals surface area contributed by atoms with Crippen molar-refractivity contribution in [2.24, 2.45) is 5.73 Å². The lowest BCUT2D eigenvalue weighted by Crippen LogP contribution is -2.34. The molecule has 2 heterocycles. The molecule has 1 saturated heterocycles. The van der Waals surface area contributed by atoms with Crippen LogP contribution in [-0.4, -0.2) is 27.8 Å². The summed E-state index contributed by atoms with van der Waals surface area (Å²) in [5, 5.41) is 10.8. The summed E-state index contributed by atoms with van der Waals surface area (Å²) < 4.78 is 0. The molecular weight excluding hydrogens is 254 g/mol. The molecule has 0 spiro atoms. The second-order valence-electron chi connectivity index (χ2n) is 4.78. The Morgan fingerprint density at radius 2 is 2.17 bits per heavy atom. The van der Waals surface area contributed by atoms with Gasteiger partial charge in [-0.05, 0) is 18.9 Å². The highest BCUT2D eigenvalue weighted by atomic mass is 32.1. The van der Waals surface area contributed by atoms with Crippen molar-refractivity contribution in [1.29, 1.82) is 0 Å². The number of hydrogen-bond donors (Lipinski definition) is 1. The van der Waals surface area contributed by atoms with E-state index in [2.05, 4.69) is 0 Å². The van der Waals surface area contributed by atoms with E-state index in [4.69, 9.17) is 5.73 Å². The molecule has 96 valence electrons. The Hall–Kier alpha value is -1.47. The zero-order chi connectivity index (χ0) is 12.9. The number of amides is 1. The molecule has 1 aliphatic carbocycles. The van der Waals surface area contributed by atoms with Crippen molar-refractivity contribution in [3.63, 3.8) is 0 Å². The number of nitro groups is 1. The molecule has 7 heteroatoms. The van der Waals surface area contributed by atoms with Gasteiger partial charge in [-0.1, -0.05) is 11.3 Å². The smallest absolute Gasteiger partial charge is 0.324 e. The Labute approximate surface area is 108 Å². The van der Waals surface area contributed by atoms with Crippen LogP contribution in [0, 0.1) is 10.1 Å². The average Bonchev–Trinajstić information content (AvgIpc) is 2.92. The first-order valence-electron chi connectivity index (χ1n) is 5.89. The van der Waals surface area contributed by atoms with Crippen LogP contribution in [0.25, 0.3) is 0 Å². The summed E-state index contributed by atoms with van der Waals surface area (Å²) in [4.78, 5) is 24.9. The van der Waals surface area contributed by atoms with Gasteiger partial charge in [0, 0.05) is 29.4 Å². The Balaban J connectivity index is 1.92. The monoisotopic (exact) mass is 267 g/mol. The van der Waals surface area contributed by atoms with Gasteiger partial charge in [0.15, 0.2) is 0 Å². The van der Waals surface area contributed by atoms with Gasteiger partial charge in [-0.2, -0.15) is 0 Å². The van der Waals surface area contributed by atoms with Crippen LogP contribution < -0.4 is 5.73 Å². The molecule has 2 N–H and O–H groups in total. The summed E-state index contributed by atoms with van der Waals surface area (Å²) in [5.74, 6) is 0.0750. The van der Waals surface area contributed by atoms with Crippen LogP contribution in [0.3, 0.4) is 0 Å². The quantitative estimate of drug-likeness (QED) is 0.662. The van der Waals surface area contributed by atoms with Gasteiger partial charge >= 0.3 is 5.00 Å². The number of rotatable bonds is 3. The van der Waals surface area contributed by atoms with E-state index in [-0.39, 0.29) is 29.0 Å². The first-order valence-corrected chi connectivity index (χ1v) is 6.70. The van der Waals surface area contributed by atoms with Crippen LogP contribution in [0.1, 0.15) is 30.2 Å². The highest BCUT2D eigenvalue weighted by Gasteiger charge is 2.46. The lowest BCUT2D eigenvalue weighted by Gasteiger charge is -2.25. The van der Waals surface area contributed by atoms with Gasteiger partial charge in [0.1, 0.15) is 0 Å². The second kappa shape index (κ2) is 4.03. The molecule has 1 amide bonds. The summed E-state index contributed by atoms with van der Waals surface area (Å²) in [6, 6.07) is 3.07. The lowest BCUT2D eigenvalue weighted by molar-refractivity contribution is -0.380. The van der Waals surface area contributed by atoms with Crippen LogP contribution in [0.4, 0.5) is 5.00 Å². The maximum absolute atomic E-state index is 11.9. The molecule has 1 aromatic heterocycles. The molecule has 6 nitrogen and oxygen atoms in total. The molecule has 0 radical (unpaired) electrons. The highest BCUT2D eigenvalue weighted by Crippen LogP contribution is 2.43. The Bertz CT molecular complexity index is 511. The molecule has 1 aromatic rings. The maximum Gasteiger partial charge on any atom is 0.324 e. The molecule has 2 aliphatic rings. The maximum atomic E-state index is 11.9. The predicted molar refractivity (Wildman–Crippen MR) is 66.2 cm³/mol. The normalized spacial score (nSPS) is 27.8. The number of carbonyl (C=O) groups is 1. The number of thiophene rings is 1. The molecule has 0 aromatic carbocycles. The summed E-state index contributed by atoms with van der Waals surface area (Å²) in [7, 11) is 0. The van der Waals surface area contributed by atoms with Crippen LogP contribution >= 0.6 is 11.3 Å². The van der Waals surface area contributed by atoms with Crippen LogP contribution in [0.15, 0.2) is 12.1 Å². The standard InChI is InChI=1S/C11H13N3O3S/c12-7-5-9(15)13(6-1-2-6)11(7)8-3-4-10(18-8)14(16)17/h3-4,6-7,11H,1-2,5,12H2. The van der Waals surface area contributed by atoms with E-state index in [1.165, 1.54) is 6.07 Å². The van der Waals surface area contributed by atoms with Gasteiger partial charge in [-0.15, -0.1) is 0 Å². The third-order valence-electron chi connectivity index (χ3n) is 3.43. The van der Waals surface area contributed by atoms with E-state index in [0.29, 0.717) is 6.42 Å².